The zero-order valence-electron chi connectivity index (χ0n) is 20.5. The third kappa shape index (κ3) is 4.26. The van der Waals surface area contributed by atoms with Gasteiger partial charge in [-0.2, -0.15) is 4.68 Å². The van der Waals surface area contributed by atoms with Crippen molar-refractivity contribution in [2.24, 2.45) is 0 Å². The van der Waals surface area contributed by atoms with Crippen molar-refractivity contribution in [3.8, 4) is 15.6 Å². The number of nitrogens with one attached hydrogen (secondary N) is 1. The van der Waals surface area contributed by atoms with Crippen LogP contribution in [0.3, 0.4) is 0 Å². The van der Waals surface area contributed by atoms with Crippen molar-refractivity contribution >= 4 is 55.6 Å². The van der Waals surface area contributed by atoms with Crippen LogP contribution in [0.1, 0.15) is 23.2 Å². The number of thiazole rings is 1. The summed E-state index contributed by atoms with van der Waals surface area (Å²) < 4.78 is 18.1. The molecular formula is C27H21FN8OS2. The number of rotatable bonds is 5. The molecule has 12 heteroatoms. The maximum Gasteiger partial charge on any atom is 0.262 e. The topological polar surface area (TPSA) is 102 Å². The van der Waals surface area contributed by atoms with Crippen molar-refractivity contribution in [2.75, 3.05) is 18.0 Å². The van der Waals surface area contributed by atoms with E-state index in [-0.39, 0.29) is 11.6 Å². The lowest BCUT2D eigenvalue weighted by Crippen LogP contribution is -2.49. The number of carbonyl (C=O) groups is 1. The molecule has 1 fully saturated rings. The monoisotopic (exact) mass is 556 g/mol. The largest absolute Gasteiger partial charge is 0.315 e. The smallest absolute Gasteiger partial charge is 0.262 e. The third-order valence-corrected chi connectivity index (χ3v) is 8.83. The number of anilines is 1. The van der Waals surface area contributed by atoms with Crippen molar-refractivity contribution < 1.29 is 9.18 Å². The lowest BCUT2D eigenvalue weighted by Gasteiger charge is -2.34. The number of carbonyl (C=O) groups excluding carboxylic acids is 1. The molecule has 1 N–H and O–H groups in total. The molecule has 0 unspecified atom stereocenters. The summed E-state index contributed by atoms with van der Waals surface area (Å²) in [6.07, 6.45) is 6.81. The Labute approximate surface area is 230 Å². The number of pyridine rings is 2. The summed E-state index contributed by atoms with van der Waals surface area (Å²) in [6.45, 7) is 1.48. The quantitative estimate of drug-likeness (QED) is 0.316. The molecule has 0 saturated carbocycles. The van der Waals surface area contributed by atoms with Gasteiger partial charge in [0.1, 0.15) is 22.2 Å². The summed E-state index contributed by atoms with van der Waals surface area (Å²) in [5, 5.41) is 15.3. The minimum absolute atomic E-state index is 0.0316. The lowest BCUT2D eigenvalue weighted by molar-refractivity contribution is 0.0968. The highest BCUT2D eigenvalue weighted by molar-refractivity contribution is 7.25. The maximum absolute atomic E-state index is 15.7. The molecule has 0 bridgehead atoms. The van der Waals surface area contributed by atoms with Crippen molar-refractivity contribution in [1.29, 1.82) is 0 Å². The summed E-state index contributed by atoms with van der Waals surface area (Å²) in [6, 6.07) is 11.8. The SMILES string of the molecule is O=C(c1ccc(-n2nnc3cccnc32)cc1F)N(c1nccc2sc(-c3nccs3)cc12)[C@@H]1CCCNC1. The molecule has 39 heavy (non-hydrogen) atoms. The van der Waals surface area contributed by atoms with Crippen LogP contribution in [0.5, 0.6) is 0 Å². The fourth-order valence-corrected chi connectivity index (χ4v) is 6.72. The zero-order chi connectivity index (χ0) is 26.3. The van der Waals surface area contributed by atoms with E-state index in [1.807, 2.05) is 17.5 Å². The van der Waals surface area contributed by atoms with Crippen LogP contribution in [-0.4, -0.2) is 55.0 Å². The van der Waals surface area contributed by atoms with Gasteiger partial charge in [-0.15, -0.1) is 27.8 Å². The van der Waals surface area contributed by atoms with E-state index in [9.17, 15) is 4.79 Å². The first-order chi connectivity index (χ1) is 19.2. The number of piperidine rings is 1. The molecule has 1 amide bonds. The van der Waals surface area contributed by atoms with Crippen molar-refractivity contribution in [2.45, 2.75) is 18.9 Å². The number of aromatic nitrogens is 6. The molecule has 0 radical (unpaired) electrons. The zero-order valence-corrected chi connectivity index (χ0v) is 22.1. The van der Waals surface area contributed by atoms with Gasteiger partial charge in [0.05, 0.1) is 22.2 Å². The number of hydrogen-bond donors (Lipinski definition) is 1. The van der Waals surface area contributed by atoms with E-state index < -0.39 is 11.7 Å². The first-order valence-corrected chi connectivity index (χ1v) is 14.2. The Hall–Kier alpha value is -4.13. The van der Waals surface area contributed by atoms with Gasteiger partial charge in [0.25, 0.3) is 5.91 Å². The summed E-state index contributed by atoms with van der Waals surface area (Å²) >= 11 is 3.17. The predicted octanol–water partition coefficient (Wildman–Crippen LogP) is 5.09. The van der Waals surface area contributed by atoms with Crippen molar-refractivity contribution in [3.05, 3.63) is 77.8 Å². The predicted molar refractivity (Wildman–Crippen MR) is 150 cm³/mol. The number of nitrogens with zero attached hydrogens (tertiary/aromatic N) is 7. The normalized spacial score (nSPS) is 15.7. The average molecular weight is 557 g/mol. The highest BCUT2D eigenvalue weighted by atomic mass is 32.1. The number of fused-ring (bicyclic) bond motifs is 2. The molecule has 9 nitrogen and oxygen atoms in total. The van der Waals surface area contributed by atoms with Gasteiger partial charge in [0, 0.05) is 46.7 Å². The molecule has 7 rings (SSSR count). The number of halogens is 1. The molecule has 0 spiro atoms. The minimum Gasteiger partial charge on any atom is -0.315 e. The first kappa shape index (κ1) is 23.9. The van der Waals surface area contributed by atoms with Crippen LogP contribution in [-0.2, 0) is 0 Å². The highest BCUT2D eigenvalue weighted by Crippen LogP contribution is 2.39. The van der Waals surface area contributed by atoms with Crippen LogP contribution in [0.15, 0.2) is 66.4 Å². The molecular weight excluding hydrogens is 535 g/mol. The summed E-state index contributed by atoms with van der Waals surface area (Å²) in [7, 11) is 0. The highest BCUT2D eigenvalue weighted by Gasteiger charge is 2.32. The Morgan fingerprint density at radius 2 is 2.05 bits per heavy atom. The summed E-state index contributed by atoms with van der Waals surface area (Å²) in [5.74, 6) is -0.552. The molecule has 1 atom stereocenters. The fraction of sp³-hybridized carbons (Fsp3) is 0.185. The molecule has 5 aromatic heterocycles. The number of amides is 1. The van der Waals surface area contributed by atoms with Crippen molar-refractivity contribution in [1.82, 2.24) is 35.3 Å². The van der Waals surface area contributed by atoms with Gasteiger partial charge in [-0.1, -0.05) is 5.21 Å². The lowest BCUT2D eigenvalue weighted by atomic mass is 10.0. The van der Waals surface area contributed by atoms with Crippen LogP contribution < -0.4 is 10.2 Å². The molecule has 1 aromatic carbocycles. The third-order valence-electron chi connectivity index (χ3n) is 6.79. The summed E-state index contributed by atoms with van der Waals surface area (Å²) in [5.41, 5.74) is 1.51. The Morgan fingerprint density at radius 3 is 2.87 bits per heavy atom. The molecule has 194 valence electrons. The second-order valence-corrected chi connectivity index (χ2v) is 11.2. The van der Waals surface area contributed by atoms with Gasteiger partial charge < -0.3 is 5.32 Å². The van der Waals surface area contributed by atoms with Gasteiger partial charge >= 0.3 is 0 Å². The van der Waals surface area contributed by atoms with Crippen molar-refractivity contribution in [3.63, 3.8) is 0 Å². The van der Waals surface area contributed by atoms with Crippen LogP contribution in [0.2, 0.25) is 0 Å². The van der Waals surface area contributed by atoms with Crippen LogP contribution in [0.4, 0.5) is 10.2 Å². The van der Waals surface area contributed by atoms with E-state index in [1.54, 1.807) is 64.4 Å². The van der Waals surface area contributed by atoms with Gasteiger partial charge in [0.15, 0.2) is 5.65 Å². The molecule has 1 aliphatic heterocycles. The Bertz CT molecular complexity index is 1810. The van der Waals surface area contributed by atoms with E-state index in [1.165, 1.54) is 16.8 Å². The van der Waals surface area contributed by atoms with Crippen LogP contribution in [0.25, 0.3) is 36.8 Å². The molecule has 6 aromatic rings. The minimum atomic E-state index is -0.646. The Morgan fingerprint density at radius 1 is 1.10 bits per heavy atom. The first-order valence-electron chi connectivity index (χ1n) is 12.5. The fourth-order valence-electron chi connectivity index (χ4n) is 4.96. The van der Waals surface area contributed by atoms with Gasteiger partial charge in [0.2, 0.25) is 0 Å². The summed E-state index contributed by atoms with van der Waals surface area (Å²) in [4.78, 5) is 30.2. The second-order valence-electron chi connectivity index (χ2n) is 9.18. The van der Waals surface area contributed by atoms with E-state index in [0.29, 0.717) is 29.2 Å². The molecule has 6 heterocycles. The Kier molecular flexibility index (Phi) is 6.06. The van der Waals surface area contributed by atoms with E-state index in [0.717, 1.165) is 39.4 Å². The number of hydrogen-bond acceptors (Lipinski definition) is 9. The van der Waals surface area contributed by atoms with Gasteiger partial charge in [-0.05, 0) is 55.8 Å². The average Bonchev–Trinajstić information content (AvgIpc) is 3.73. The second kappa shape index (κ2) is 9.88. The number of benzene rings is 1. The van der Waals surface area contributed by atoms with Crippen LogP contribution in [0, 0.1) is 5.82 Å². The van der Waals surface area contributed by atoms with Crippen LogP contribution >= 0.6 is 22.7 Å². The van der Waals surface area contributed by atoms with Gasteiger partial charge in [-0.25, -0.2) is 19.3 Å². The Balaban J connectivity index is 1.31. The van der Waals surface area contributed by atoms with E-state index >= 15 is 4.39 Å². The standard InChI is InChI=1S/C27H21FN8OS2/c28-20-13-16(36-25-21(33-34-36)4-2-9-30-25)5-6-18(20)27(37)35(17-3-1-8-29-15-17)24-19-14-23(26-32-11-12-38-26)39-22(19)7-10-31-24/h2,4-7,9-14,17,29H,1,3,8,15H2/t17-/m1/s1. The molecule has 1 saturated heterocycles. The number of thiophene rings is 1. The van der Waals surface area contributed by atoms with E-state index in [4.69, 9.17) is 0 Å². The van der Waals surface area contributed by atoms with E-state index in [2.05, 4.69) is 30.6 Å². The van der Waals surface area contributed by atoms with Gasteiger partial charge in [-0.3, -0.25) is 9.69 Å². The maximum atomic E-state index is 15.7. The molecule has 0 aliphatic carbocycles. The molecule has 1 aliphatic rings.